The molecular weight excluding hydrogens is 200 g/mol. The van der Waals surface area contributed by atoms with E-state index in [1.165, 1.54) is 16.8 Å². The highest BCUT2D eigenvalue weighted by atomic mass is 16.5. The van der Waals surface area contributed by atoms with Crippen molar-refractivity contribution < 1.29 is 4.74 Å². The Morgan fingerprint density at radius 2 is 2.12 bits per heavy atom. The number of ether oxygens (including phenoxy) is 1. The van der Waals surface area contributed by atoms with Crippen LogP contribution in [0.4, 0.5) is 5.69 Å². The Morgan fingerprint density at radius 1 is 1.31 bits per heavy atom. The topological polar surface area (TPSA) is 47.3 Å². The van der Waals surface area contributed by atoms with Crippen molar-refractivity contribution in [1.29, 1.82) is 0 Å². The summed E-state index contributed by atoms with van der Waals surface area (Å²) >= 11 is 0. The molecule has 1 saturated heterocycles. The van der Waals surface area contributed by atoms with Crippen LogP contribution in [0.15, 0.2) is 18.2 Å². The highest BCUT2D eigenvalue weighted by Crippen LogP contribution is 2.43. The molecule has 2 aliphatic rings. The minimum Gasteiger partial charge on any atom is -0.384 e. The van der Waals surface area contributed by atoms with Crippen LogP contribution in [0.3, 0.4) is 0 Å². The number of hydrogen-bond donors (Lipinski definition) is 2. The third-order valence-electron chi connectivity index (χ3n) is 3.96. The summed E-state index contributed by atoms with van der Waals surface area (Å²) in [7, 11) is 0. The summed E-state index contributed by atoms with van der Waals surface area (Å²) in [5.41, 5.74) is 10.00. The van der Waals surface area contributed by atoms with E-state index in [-0.39, 0.29) is 0 Å². The molecule has 2 heterocycles. The van der Waals surface area contributed by atoms with Gasteiger partial charge in [-0.3, -0.25) is 0 Å². The van der Waals surface area contributed by atoms with Gasteiger partial charge >= 0.3 is 0 Å². The van der Waals surface area contributed by atoms with Crippen LogP contribution >= 0.6 is 0 Å². The smallest absolute Gasteiger partial charge is 0.0475 e. The number of fused-ring (bicyclic) bond motifs is 2. The van der Waals surface area contributed by atoms with Crippen LogP contribution in [0.25, 0.3) is 0 Å². The number of benzene rings is 1. The molecule has 1 spiro atoms. The third-order valence-corrected chi connectivity index (χ3v) is 3.96. The van der Waals surface area contributed by atoms with E-state index < -0.39 is 0 Å². The molecule has 1 fully saturated rings. The van der Waals surface area contributed by atoms with Crippen molar-refractivity contribution >= 4 is 5.69 Å². The number of nitrogens with two attached hydrogens (primary N) is 1. The maximum atomic E-state index is 5.72. The zero-order valence-corrected chi connectivity index (χ0v) is 9.46. The normalized spacial score (nSPS) is 21.8. The summed E-state index contributed by atoms with van der Waals surface area (Å²) in [5, 5.41) is 3.52. The summed E-state index contributed by atoms with van der Waals surface area (Å²) in [6, 6.07) is 6.56. The number of rotatable bonds is 1. The quantitative estimate of drug-likeness (QED) is 0.753. The fraction of sp³-hybridized carbons (Fsp3) is 0.538. The van der Waals surface area contributed by atoms with Gasteiger partial charge in [0.1, 0.15) is 0 Å². The Bertz CT molecular complexity index is 391. The van der Waals surface area contributed by atoms with Gasteiger partial charge in [0, 0.05) is 37.4 Å². The molecule has 1 aromatic carbocycles. The highest BCUT2D eigenvalue weighted by Gasteiger charge is 2.40. The molecule has 3 rings (SSSR count). The van der Waals surface area contributed by atoms with Crippen LogP contribution in [-0.4, -0.2) is 19.8 Å². The lowest BCUT2D eigenvalue weighted by atomic mass is 9.75. The van der Waals surface area contributed by atoms with Gasteiger partial charge < -0.3 is 15.8 Å². The number of anilines is 1. The van der Waals surface area contributed by atoms with Gasteiger partial charge in [-0.2, -0.15) is 0 Å². The molecule has 0 unspecified atom stereocenters. The van der Waals surface area contributed by atoms with Gasteiger partial charge in [-0.05, 0) is 30.0 Å². The Labute approximate surface area is 96.0 Å². The number of nitrogens with one attached hydrogen (secondary N) is 1. The van der Waals surface area contributed by atoms with Crippen molar-refractivity contribution in [1.82, 2.24) is 0 Å². The monoisotopic (exact) mass is 218 g/mol. The second-order valence-corrected chi connectivity index (χ2v) is 4.83. The van der Waals surface area contributed by atoms with Crippen LogP contribution in [0.5, 0.6) is 0 Å². The number of hydrogen-bond acceptors (Lipinski definition) is 3. The molecule has 3 N–H and O–H groups in total. The van der Waals surface area contributed by atoms with Gasteiger partial charge in [0.15, 0.2) is 0 Å². The molecule has 0 bridgehead atoms. The summed E-state index contributed by atoms with van der Waals surface area (Å²) in [6.07, 6.45) is 2.25. The van der Waals surface area contributed by atoms with Crippen LogP contribution in [0.1, 0.15) is 24.0 Å². The van der Waals surface area contributed by atoms with Crippen molar-refractivity contribution in [2.45, 2.75) is 24.8 Å². The van der Waals surface area contributed by atoms with Gasteiger partial charge in [-0.1, -0.05) is 12.1 Å². The Morgan fingerprint density at radius 3 is 2.88 bits per heavy atom. The largest absolute Gasteiger partial charge is 0.384 e. The van der Waals surface area contributed by atoms with Gasteiger partial charge in [0.2, 0.25) is 0 Å². The van der Waals surface area contributed by atoms with E-state index in [0.29, 0.717) is 12.0 Å². The van der Waals surface area contributed by atoms with E-state index in [9.17, 15) is 0 Å². The summed E-state index contributed by atoms with van der Waals surface area (Å²) < 4.78 is 5.48. The predicted octanol–water partition coefficient (Wildman–Crippen LogP) is 1.62. The third kappa shape index (κ3) is 1.43. The fourth-order valence-electron chi connectivity index (χ4n) is 2.88. The molecule has 0 amide bonds. The lowest BCUT2D eigenvalue weighted by molar-refractivity contribution is 0.0567. The van der Waals surface area contributed by atoms with Gasteiger partial charge in [0.25, 0.3) is 0 Å². The first kappa shape index (κ1) is 10.1. The van der Waals surface area contributed by atoms with Crippen LogP contribution in [0.2, 0.25) is 0 Å². The first-order valence-electron chi connectivity index (χ1n) is 5.99. The maximum Gasteiger partial charge on any atom is 0.0475 e. The molecule has 0 radical (unpaired) electrons. The highest BCUT2D eigenvalue weighted by molar-refractivity contribution is 5.61. The zero-order valence-electron chi connectivity index (χ0n) is 9.46. The average molecular weight is 218 g/mol. The minimum atomic E-state index is 0.304. The first-order chi connectivity index (χ1) is 7.84. The zero-order chi connectivity index (χ0) is 11.0. The lowest BCUT2D eigenvalue weighted by Gasteiger charge is -2.33. The Balaban J connectivity index is 2.02. The Kier molecular flexibility index (Phi) is 2.37. The van der Waals surface area contributed by atoms with E-state index in [0.717, 1.165) is 32.6 Å². The lowest BCUT2D eigenvalue weighted by Crippen LogP contribution is -2.35. The summed E-state index contributed by atoms with van der Waals surface area (Å²) in [4.78, 5) is 0. The van der Waals surface area contributed by atoms with E-state index >= 15 is 0 Å². The SMILES string of the molecule is NCc1ccc2c(c1)C1(CCOCC1)CN2. The summed E-state index contributed by atoms with van der Waals surface area (Å²) in [6.45, 7) is 3.45. The maximum absolute atomic E-state index is 5.72. The van der Waals surface area contributed by atoms with Crippen molar-refractivity contribution in [3.63, 3.8) is 0 Å². The molecule has 86 valence electrons. The second kappa shape index (κ2) is 3.75. The average Bonchev–Trinajstić information content (AvgIpc) is 2.69. The van der Waals surface area contributed by atoms with Crippen molar-refractivity contribution in [2.75, 3.05) is 25.1 Å². The minimum absolute atomic E-state index is 0.304. The van der Waals surface area contributed by atoms with Crippen molar-refractivity contribution in [3.8, 4) is 0 Å². The van der Waals surface area contributed by atoms with E-state index in [1.54, 1.807) is 0 Å². The molecule has 0 saturated carbocycles. The first-order valence-corrected chi connectivity index (χ1v) is 5.99. The van der Waals surface area contributed by atoms with Crippen LogP contribution in [0, 0.1) is 0 Å². The van der Waals surface area contributed by atoms with E-state index in [2.05, 4.69) is 23.5 Å². The van der Waals surface area contributed by atoms with Gasteiger partial charge in [-0.15, -0.1) is 0 Å². The molecule has 16 heavy (non-hydrogen) atoms. The summed E-state index contributed by atoms with van der Waals surface area (Å²) in [5.74, 6) is 0. The Hall–Kier alpha value is -1.06. The molecule has 0 atom stereocenters. The van der Waals surface area contributed by atoms with Crippen molar-refractivity contribution in [2.24, 2.45) is 5.73 Å². The van der Waals surface area contributed by atoms with Gasteiger partial charge in [-0.25, -0.2) is 0 Å². The molecular formula is C13H18N2O. The van der Waals surface area contributed by atoms with E-state index in [4.69, 9.17) is 10.5 Å². The fourth-order valence-corrected chi connectivity index (χ4v) is 2.88. The molecule has 0 aliphatic carbocycles. The second-order valence-electron chi connectivity index (χ2n) is 4.83. The molecule has 2 aliphatic heterocycles. The molecule has 1 aromatic rings. The van der Waals surface area contributed by atoms with Crippen LogP contribution < -0.4 is 11.1 Å². The van der Waals surface area contributed by atoms with Crippen molar-refractivity contribution in [3.05, 3.63) is 29.3 Å². The molecule has 0 aromatic heterocycles. The molecule has 3 nitrogen and oxygen atoms in total. The molecule has 3 heteroatoms. The van der Waals surface area contributed by atoms with Gasteiger partial charge in [0.05, 0.1) is 0 Å². The van der Waals surface area contributed by atoms with Crippen LogP contribution in [-0.2, 0) is 16.7 Å². The predicted molar refractivity (Wildman–Crippen MR) is 64.6 cm³/mol. The van der Waals surface area contributed by atoms with E-state index in [1.807, 2.05) is 0 Å². The standard InChI is InChI=1S/C13H18N2O/c14-8-10-1-2-12-11(7-10)13(9-15-12)3-5-16-6-4-13/h1-2,7,15H,3-6,8-9,14H2.